The molecular formula is C15H18N4O2. The van der Waals surface area contributed by atoms with Crippen LogP contribution >= 0.6 is 0 Å². The molecule has 2 unspecified atom stereocenters. The number of benzene rings is 1. The predicted molar refractivity (Wildman–Crippen MR) is 77.4 cm³/mol. The summed E-state index contributed by atoms with van der Waals surface area (Å²) in [6.45, 7) is 2.36. The van der Waals surface area contributed by atoms with Crippen LogP contribution in [0.4, 0.5) is 0 Å². The largest absolute Gasteiger partial charge is 0.478 e. The number of piperidine rings is 1. The predicted octanol–water partition coefficient (Wildman–Crippen LogP) is 1.93. The molecule has 110 valence electrons. The molecule has 2 fully saturated rings. The number of rotatable bonds is 2. The van der Waals surface area contributed by atoms with Gasteiger partial charge in [-0.25, -0.2) is 9.48 Å². The van der Waals surface area contributed by atoms with Crippen molar-refractivity contribution in [2.24, 2.45) is 0 Å². The van der Waals surface area contributed by atoms with Crippen LogP contribution in [0.3, 0.4) is 0 Å². The van der Waals surface area contributed by atoms with E-state index in [0.29, 0.717) is 17.6 Å². The Bertz CT molecular complexity index is 696. The van der Waals surface area contributed by atoms with E-state index in [4.69, 9.17) is 5.11 Å². The monoisotopic (exact) mass is 286 g/mol. The van der Waals surface area contributed by atoms with E-state index in [1.165, 1.54) is 19.4 Å². The van der Waals surface area contributed by atoms with Crippen LogP contribution in [0.1, 0.15) is 42.1 Å². The minimum Gasteiger partial charge on any atom is -0.478 e. The van der Waals surface area contributed by atoms with Crippen molar-refractivity contribution < 1.29 is 9.90 Å². The van der Waals surface area contributed by atoms with Crippen LogP contribution in [0.15, 0.2) is 18.2 Å². The Hall–Kier alpha value is -1.95. The van der Waals surface area contributed by atoms with Crippen LogP contribution in [-0.4, -0.2) is 50.1 Å². The van der Waals surface area contributed by atoms with Crippen molar-refractivity contribution in [2.75, 3.05) is 13.1 Å². The fraction of sp³-hybridized carbons (Fsp3) is 0.533. The van der Waals surface area contributed by atoms with Gasteiger partial charge in [-0.15, -0.1) is 5.10 Å². The third-order valence-electron chi connectivity index (χ3n) is 4.86. The molecule has 1 aromatic heterocycles. The molecule has 2 aliphatic rings. The average Bonchev–Trinajstić information content (AvgIpc) is 3.12. The molecule has 2 aromatic rings. The van der Waals surface area contributed by atoms with Gasteiger partial charge in [-0.05, 0) is 50.4 Å². The van der Waals surface area contributed by atoms with Crippen LogP contribution < -0.4 is 0 Å². The van der Waals surface area contributed by atoms with Gasteiger partial charge in [0.2, 0.25) is 0 Å². The van der Waals surface area contributed by atoms with E-state index < -0.39 is 5.97 Å². The van der Waals surface area contributed by atoms with Crippen LogP contribution in [-0.2, 0) is 0 Å². The van der Waals surface area contributed by atoms with E-state index in [2.05, 4.69) is 15.2 Å². The quantitative estimate of drug-likeness (QED) is 0.913. The van der Waals surface area contributed by atoms with E-state index in [1.54, 1.807) is 12.1 Å². The molecule has 0 radical (unpaired) electrons. The molecule has 6 heteroatoms. The molecule has 0 aliphatic carbocycles. The molecule has 0 saturated carbocycles. The van der Waals surface area contributed by atoms with Gasteiger partial charge in [0.15, 0.2) is 0 Å². The third-order valence-corrected chi connectivity index (χ3v) is 4.86. The SMILES string of the molecule is O=C(O)c1ccc2c(c1)nnn2C1CCN2CCCC2C1. The van der Waals surface area contributed by atoms with Gasteiger partial charge < -0.3 is 10.0 Å². The minimum atomic E-state index is -0.925. The molecule has 0 amide bonds. The Balaban J connectivity index is 1.66. The maximum atomic E-state index is 11.0. The van der Waals surface area contributed by atoms with Crippen LogP contribution in [0.5, 0.6) is 0 Å². The van der Waals surface area contributed by atoms with E-state index in [1.807, 2.05) is 10.7 Å². The molecule has 21 heavy (non-hydrogen) atoms. The number of carbonyl (C=O) groups is 1. The molecule has 0 spiro atoms. The first kappa shape index (κ1) is 12.8. The van der Waals surface area contributed by atoms with Crippen molar-refractivity contribution in [2.45, 2.75) is 37.8 Å². The molecule has 1 aromatic carbocycles. The molecule has 1 N–H and O–H groups in total. The second kappa shape index (κ2) is 4.80. The van der Waals surface area contributed by atoms with Gasteiger partial charge >= 0.3 is 5.97 Å². The van der Waals surface area contributed by atoms with Gasteiger partial charge in [0.25, 0.3) is 0 Å². The summed E-state index contributed by atoms with van der Waals surface area (Å²) in [5.41, 5.74) is 1.88. The first-order valence-electron chi connectivity index (χ1n) is 7.54. The highest BCUT2D eigenvalue weighted by Gasteiger charge is 2.33. The second-order valence-electron chi connectivity index (χ2n) is 6.05. The normalized spacial score (nSPS) is 26.1. The van der Waals surface area contributed by atoms with Crippen molar-refractivity contribution in [3.8, 4) is 0 Å². The number of hydrogen-bond donors (Lipinski definition) is 1. The summed E-state index contributed by atoms with van der Waals surface area (Å²) < 4.78 is 2.00. The van der Waals surface area contributed by atoms with Crippen LogP contribution in [0, 0.1) is 0 Å². The first-order valence-corrected chi connectivity index (χ1v) is 7.54. The summed E-state index contributed by atoms with van der Waals surface area (Å²) in [5.74, 6) is -0.925. The zero-order chi connectivity index (χ0) is 14.4. The zero-order valence-corrected chi connectivity index (χ0v) is 11.8. The van der Waals surface area contributed by atoms with Gasteiger partial charge in [-0.3, -0.25) is 0 Å². The van der Waals surface area contributed by atoms with Crippen molar-refractivity contribution in [3.05, 3.63) is 23.8 Å². The molecule has 3 heterocycles. The Labute approximate surface area is 122 Å². The fourth-order valence-corrected chi connectivity index (χ4v) is 3.77. The highest BCUT2D eigenvalue weighted by atomic mass is 16.4. The lowest BCUT2D eigenvalue weighted by atomic mass is 9.97. The van der Waals surface area contributed by atoms with Gasteiger partial charge in [0.1, 0.15) is 5.52 Å². The number of nitrogens with zero attached hydrogens (tertiary/aromatic N) is 4. The molecule has 2 saturated heterocycles. The summed E-state index contributed by atoms with van der Waals surface area (Å²) >= 11 is 0. The van der Waals surface area contributed by atoms with Gasteiger partial charge in [-0.1, -0.05) is 5.21 Å². The fourth-order valence-electron chi connectivity index (χ4n) is 3.77. The number of carboxylic acid groups (broad SMARTS) is 1. The number of carboxylic acids is 1. The van der Waals surface area contributed by atoms with Gasteiger partial charge in [-0.2, -0.15) is 0 Å². The summed E-state index contributed by atoms with van der Waals surface area (Å²) in [5, 5.41) is 17.5. The maximum Gasteiger partial charge on any atom is 0.335 e. The maximum absolute atomic E-state index is 11.0. The topological polar surface area (TPSA) is 71.2 Å². The van der Waals surface area contributed by atoms with Crippen LogP contribution in [0.2, 0.25) is 0 Å². The van der Waals surface area contributed by atoms with Gasteiger partial charge in [0, 0.05) is 12.6 Å². The Morgan fingerprint density at radius 3 is 3.00 bits per heavy atom. The number of fused-ring (bicyclic) bond motifs is 2. The van der Waals surface area contributed by atoms with E-state index >= 15 is 0 Å². The molecule has 6 nitrogen and oxygen atoms in total. The van der Waals surface area contributed by atoms with Crippen molar-refractivity contribution in [1.29, 1.82) is 0 Å². The average molecular weight is 286 g/mol. The standard InChI is InChI=1S/C15H18N4O2/c20-15(21)10-3-4-14-13(8-10)16-17-19(14)12-5-7-18-6-1-2-11(18)9-12/h3-4,8,11-12H,1-2,5-7,9H2,(H,20,21). The number of aromatic carboxylic acids is 1. The second-order valence-corrected chi connectivity index (χ2v) is 6.05. The summed E-state index contributed by atoms with van der Waals surface area (Å²) in [4.78, 5) is 13.6. The van der Waals surface area contributed by atoms with E-state index in [0.717, 1.165) is 24.9 Å². The van der Waals surface area contributed by atoms with Crippen molar-refractivity contribution in [1.82, 2.24) is 19.9 Å². The molecule has 2 atom stereocenters. The lowest BCUT2D eigenvalue weighted by molar-refractivity contribution is 0.0697. The Kier molecular flexibility index (Phi) is 2.92. The number of hydrogen-bond acceptors (Lipinski definition) is 4. The third kappa shape index (κ3) is 2.10. The van der Waals surface area contributed by atoms with E-state index in [9.17, 15) is 4.79 Å². The smallest absolute Gasteiger partial charge is 0.335 e. The lowest BCUT2D eigenvalue weighted by Crippen LogP contribution is -2.38. The summed E-state index contributed by atoms with van der Waals surface area (Å²) in [6, 6.07) is 6.13. The van der Waals surface area contributed by atoms with Crippen LogP contribution in [0.25, 0.3) is 11.0 Å². The van der Waals surface area contributed by atoms with Gasteiger partial charge in [0.05, 0.1) is 17.1 Å². The lowest BCUT2D eigenvalue weighted by Gasteiger charge is -2.34. The van der Waals surface area contributed by atoms with E-state index in [-0.39, 0.29) is 5.56 Å². The zero-order valence-electron chi connectivity index (χ0n) is 11.8. The molecule has 0 bridgehead atoms. The summed E-state index contributed by atoms with van der Waals surface area (Å²) in [7, 11) is 0. The Morgan fingerprint density at radius 1 is 1.24 bits per heavy atom. The molecular weight excluding hydrogens is 268 g/mol. The van der Waals surface area contributed by atoms with Crippen molar-refractivity contribution in [3.63, 3.8) is 0 Å². The van der Waals surface area contributed by atoms with Crippen molar-refractivity contribution >= 4 is 17.0 Å². The Morgan fingerprint density at radius 2 is 2.14 bits per heavy atom. The summed E-state index contributed by atoms with van der Waals surface area (Å²) in [6.07, 6.45) is 4.80. The highest BCUT2D eigenvalue weighted by molar-refractivity contribution is 5.92. The first-order chi connectivity index (χ1) is 10.2. The number of aromatic nitrogens is 3. The minimum absolute atomic E-state index is 0.264. The molecule has 4 rings (SSSR count). The highest BCUT2D eigenvalue weighted by Crippen LogP contribution is 2.34. The molecule has 2 aliphatic heterocycles.